The summed E-state index contributed by atoms with van der Waals surface area (Å²) in [5, 5.41) is 3.70. The van der Waals surface area contributed by atoms with Crippen LogP contribution >= 0.6 is 15.9 Å². The monoisotopic (exact) mass is 327 g/mol. The Morgan fingerprint density at radius 1 is 1.05 bits per heavy atom. The van der Waals surface area contributed by atoms with Gasteiger partial charge in [0.15, 0.2) is 0 Å². The van der Waals surface area contributed by atoms with Gasteiger partial charge in [-0.25, -0.2) is 4.98 Å². The van der Waals surface area contributed by atoms with Crippen LogP contribution in [0, 0.1) is 0 Å². The van der Waals surface area contributed by atoms with Gasteiger partial charge < -0.3 is 5.32 Å². The zero-order valence-corrected chi connectivity index (χ0v) is 12.0. The van der Waals surface area contributed by atoms with Crippen LogP contribution in [0.3, 0.4) is 0 Å². The van der Waals surface area contributed by atoms with Crippen molar-refractivity contribution < 1.29 is 4.79 Å². The molecule has 98 valence electrons. The number of nitrogens with one attached hydrogen (secondary N) is 1. The second-order valence-electron chi connectivity index (χ2n) is 4.19. The molecule has 1 amide bonds. The van der Waals surface area contributed by atoms with E-state index in [4.69, 9.17) is 0 Å². The Morgan fingerprint density at radius 2 is 1.90 bits per heavy atom. The fourth-order valence-corrected chi connectivity index (χ4v) is 2.28. The number of hydrogen-bond acceptors (Lipinski definition) is 3. The van der Waals surface area contributed by atoms with E-state index in [1.165, 1.54) is 0 Å². The highest BCUT2D eigenvalue weighted by molar-refractivity contribution is 9.10. The van der Waals surface area contributed by atoms with Crippen molar-refractivity contribution in [3.8, 4) is 0 Å². The number of anilines is 1. The van der Waals surface area contributed by atoms with Gasteiger partial charge in [0.1, 0.15) is 5.82 Å². The van der Waals surface area contributed by atoms with Gasteiger partial charge in [0.05, 0.1) is 11.1 Å². The van der Waals surface area contributed by atoms with Crippen LogP contribution in [0.5, 0.6) is 0 Å². The molecule has 2 heterocycles. The van der Waals surface area contributed by atoms with Gasteiger partial charge in [-0.15, -0.1) is 0 Å². The molecular weight excluding hydrogens is 318 g/mol. The molecule has 0 aliphatic heterocycles. The van der Waals surface area contributed by atoms with Gasteiger partial charge in [0.25, 0.3) is 5.91 Å². The van der Waals surface area contributed by atoms with Crippen molar-refractivity contribution in [1.82, 2.24) is 9.97 Å². The zero-order valence-electron chi connectivity index (χ0n) is 10.4. The van der Waals surface area contributed by atoms with Crippen LogP contribution in [0.2, 0.25) is 0 Å². The maximum absolute atomic E-state index is 12.3. The molecule has 5 heteroatoms. The molecule has 3 rings (SSSR count). The summed E-state index contributed by atoms with van der Waals surface area (Å²) < 4.78 is 0.860. The molecule has 0 saturated carbocycles. The van der Waals surface area contributed by atoms with Crippen molar-refractivity contribution in [3.05, 3.63) is 64.9 Å². The number of benzene rings is 1. The van der Waals surface area contributed by atoms with Gasteiger partial charge in [0, 0.05) is 22.3 Å². The Balaban J connectivity index is 1.97. The molecule has 1 N–H and O–H groups in total. The molecule has 0 radical (unpaired) electrons. The lowest BCUT2D eigenvalue weighted by Crippen LogP contribution is -2.13. The number of nitrogens with zero attached hydrogens (tertiary/aromatic N) is 2. The number of amides is 1. The average molecular weight is 328 g/mol. The number of para-hydroxylation sites is 1. The Morgan fingerprint density at radius 3 is 2.75 bits per heavy atom. The van der Waals surface area contributed by atoms with E-state index in [0.29, 0.717) is 16.9 Å². The van der Waals surface area contributed by atoms with E-state index in [1.54, 1.807) is 30.6 Å². The van der Waals surface area contributed by atoms with Crippen LogP contribution in [0.15, 0.2) is 59.3 Å². The molecule has 0 bridgehead atoms. The molecule has 0 unspecified atom stereocenters. The molecule has 0 aliphatic carbocycles. The topological polar surface area (TPSA) is 54.9 Å². The fraction of sp³-hybridized carbons (Fsp3) is 0. The van der Waals surface area contributed by atoms with E-state index in [-0.39, 0.29) is 5.91 Å². The van der Waals surface area contributed by atoms with Crippen LogP contribution in [0.25, 0.3) is 10.9 Å². The average Bonchev–Trinajstić information content (AvgIpc) is 2.46. The fourth-order valence-electron chi connectivity index (χ4n) is 1.94. The third-order valence-electron chi connectivity index (χ3n) is 2.84. The van der Waals surface area contributed by atoms with Gasteiger partial charge in [0.2, 0.25) is 0 Å². The number of hydrogen-bond donors (Lipinski definition) is 1. The molecular formula is C15H10BrN3O. The third-order valence-corrected chi connectivity index (χ3v) is 3.33. The van der Waals surface area contributed by atoms with E-state index >= 15 is 0 Å². The predicted octanol–water partition coefficient (Wildman–Crippen LogP) is 3.64. The summed E-state index contributed by atoms with van der Waals surface area (Å²) >= 11 is 3.34. The molecule has 0 spiro atoms. The standard InChI is InChI=1S/C15H10BrN3O/c16-11-6-8-17-13(9-11)19-15(20)12-5-1-3-10-4-2-7-18-14(10)12/h1-9H,(H,17,19,20). The maximum Gasteiger partial charge on any atom is 0.259 e. The van der Waals surface area contributed by atoms with Gasteiger partial charge in [-0.1, -0.05) is 34.1 Å². The van der Waals surface area contributed by atoms with Crippen molar-refractivity contribution >= 4 is 38.6 Å². The van der Waals surface area contributed by atoms with Crippen LogP contribution in [-0.2, 0) is 0 Å². The lowest BCUT2D eigenvalue weighted by atomic mass is 10.1. The first-order valence-corrected chi connectivity index (χ1v) is 6.80. The second-order valence-corrected chi connectivity index (χ2v) is 5.11. The molecule has 0 saturated heterocycles. The SMILES string of the molecule is O=C(Nc1cc(Br)ccn1)c1cccc2cccnc12. The highest BCUT2D eigenvalue weighted by Crippen LogP contribution is 2.18. The first-order chi connectivity index (χ1) is 9.74. The van der Waals surface area contributed by atoms with Gasteiger partial charge >= 0.3 is 0 Å². The maximum atomic E-state index is 12.3. The van der Waals surface area contributed by atoms with Crippen molar-refractivity contribution in [2.75, 3.05) is 5.32 Å². The number of carbonyl (C=O) groups excluding carboxylic acids is 1. The predicted molar refractivity (Wildman–Crippen MR) is 81.6 cm³/mol. The van der Waals surface area contributed by atoms with Crippen molar-refractivity contribution in [2.45, 2.75) is 0 Å². The van der Waals surface area contributed by atoms with Crippen molar-refractivity contribution in [3.63, 3.8) is 0 Å². The van der Waals surface area contributed by atoms with Gasteiger partial charge in [-0.05, 0) is 24.3 Å². The number of carbonyl (C=O) groups is 1. The molecule has 0 atom stereocenters. The van der Waals surface area contributed by atoms with Gasteiger partial charge in [-0.2, -0.15) is 0 Å². The van der Waals surface area contributed by atoms with E-state index in [0.717, 1.165) is 9.86 Å². The number of aromatic nitrogens is 2. The minimum Gasteiger partial charge on any atom is -0.306 e. The van der Waals surface area contributed by atoms with E-state index in [2.05, 4.69) is 31.2 Å². The molecule has 20 heavy (non-hydrogen) atoms. The first-order valence-electron chi connectivity index (χ1n) is 6.01. The second kappa shape index (κ2) is 5.38. The van der Waals surface area contributed by atoms with Crippen LogP contribution < -0.4 is 5.32 Å². The zero-order chi connectivity index (χ0) is 13.9. The summed E-state index contributed by atoms with van der Waals surface area (Å²) in [6, 6.07) is 12.8. The Labute approximate surface area is 124 Å². The lowest BCUT2D eigenvalue weighted by Gasteiger charge is -2.07. The molecule has 2 aromatic heterocycles. The van der Waals surface area contributed by atoms with Gasteiger partial charge in [-0.3, -0.25) is 9.78 Å². The lowest BCUT2D eigenvalue weighted by molar-refractivity contribution is 0.102. The molecule has 4 nitrogen and oxygen atoms in total. The van der Waals surface area contributed by atoms with E-state index in [1.807, 2.05) is 24.3 Å². The number of halogens is 1. The Bertz CT molecular complexity index is 783. The van der Waals surface area contributed by atoms with Crippen LogP contribution in [-0.4, -0.2) is 15.9 Å². The summed E-state index contributed by atoms with van der Waals surface area (Å²) in [5.41, 5.74) is 1.22. The smallest absolute Gasteiger partial charge is 0.259 e. The molecule has 0 fully saturated rings. The minimum atomic E-state index is -0.222. The molecule has 0 aliphatic rings. The highest BCUT2D eigenvalue weighted by atomic mass is 79.9. The molecule has 3 aromatic rings. The number of pyridine rings is 2. The number of rotatable bonds is 2. The van der Waals surface area contributed by atoms with Crippen LogP contribution in [0.1, 0.15) is 10.4 Å². The first kappa shape index (κ1) is 12.7. The summed E-state index contributed by atoms with van der Waals surface area (Å²) in [4.78, 5) is 20.7. The van der Waals surface area contributed by atoms with Crippen LogP contribution in [0.4, 0.5) is 5.82 Å². The largest absolute Gasteiger partial charge is 0.306 e. The normalized spacial score (nSPS) is 10.4. The summed E-state index contributed by atoms with van der Waals surface area (Å²) in [5.74, 6) is 0.275. The highest BCUT2D eigenvalue weighted by Gasteiger charge is 2.11. The van der Waals surface area contributed by atoms with E-state index < -0.39 is 0 Å². The minimum absolute atomic E-state index is 0.222. The summed E-state index contributed by atoms with van der Waals surface area (Å²) in [6.45, 7) is 0. The summed E-state index contributed by atoms with van der Waals surface area (Å²) in [6.07, 6.45) is 3.30. The Kier molecular flexibility index (Phi) is 3.43. The number of fused-ring (bicyclic) bond motifs is 1. The van der Waals surface area contributed by atoms with Crippen molar-refractivity contribution in [2.24, 2.45) is 0 Å². The van der Waals surface area contributed by atoms with Crippen molar-refractivity contribution in [1.29, 1.82) is 0 Å². The Hall–Kier alpha value is -2.27. The quantitative estimate of drug-likeness (QED) is 0.781. The third kappa shape index (κ3) is 2.53. The molecule has 1 aromatic carbocycles. The summed E-state index contributed by atoms with van der Waals surface area (Å²) in [7, 11) is 0. The van der Waals surface area contributed by atoms with E-state index in [9.17, 15) is 4.79 Å².